The van der Waals surface area contributed by atoms with E-state index < -0.39 is 0 Å². The van der Waals surface area contributed by atoms with Gasteiger partial charge >= 0.3 is 0 Å². The summed E-state index contributed by atoms with van der Waals surface area (Å²) in [4.78, 5) is 14.7. The van der Waals surface area contributed by atoms with Crippen LogP contribution < -0.4 is 0 Å². The van der Waals surface area contributed by atoms with E-state index in [4.69, 9.17) is 0 Å². The molecule has 0 N–H and O–H groups in total. The summed E-state index contributed by atoms with van der Waals surface area (Å²) >= 11 is 0. The Morgan fingerprint density at radius 3 is 2.50 bits per heavy atom. The maximum Gasteiger partial charge on any atom is 0.185 e. The third-order valence-corrected chi connectivity index (χ3v) is 2.95. The van der Waals surface area contributed by atoms with Gasteiger partial charge in [0, 0.05) is 6.54 Å². The number of nitrogens with zero attached hydrogens (tertiary/aromatic N) is 2. The van der Waals surface area contributed by atoms with Gasteiger partial charge in [-0.15, -0.1) is 0 Å². The lowest BCUT2D eigenvalue weighted by Crippen LogP contribution is -2.11. The molecule has 2 rings (SSSR count). The van der Waals surface area contributed by atoms with Crippen LogP contribution in [-0.2, 0) is 12.0 Å². The zero-order chi connectivity index (χ0) is 13.2. The molecule has 1 aromatic carbocycles. The quantitative estimate of drug-likeness (QED) is 0.774. The van der Waals surface area contributed by atoms with Gasteiger partial charge in [-0.1, -0.05) is 45.0 Å². The fraction of sp³-hybridized carbons (Fsp3) is 0.333. The van der Waals surface area contributed by atoms with Gasteiger partial charge in [-0.2, -0.15) is 0 Å². The van der Waals surface area contributed by atoms with Crippen molar-refractivity contribution in [2.45, 2.75) is 32.7 Å². The SMILES string of the molecule is CC(C)(C)c1ccc(Cn2[c]cnc2C=O)cc1. The average molecular weight is 241 g/mol. The second kappa shape index (κ2) is 4.77. The highest BCUT2D eigenvalue weighted by Gasteiger charge is 2.13. The first kappa shape index (κ1) is 12.6. The minimum absolute atomic E-state index is 0.160. The fourth-order valence-corrected chi connectivity index (χ4v) is 1.81. The van der Waals surface area contributed by atoms with Crippen molar-refractivity contribution in [3.8, 4) is 0 Å². The minimum atomic E-state index is 0.160. The maximum absolute atomic E-state index is 10.8. The molecule has 0 unspecified atom stereocenters. The topological polar surface area (TPSA) is 34.9 Å². The molecule has 0 amide bonds. The van der Waals surface area contributed by atoms with Crippen LogP contribution in [-0.4, -0.2) is 15.8 Å². The first-order valence-corrected chi connectivity index (χ1v) is 5.98. The molecule has 0 bridgehead atoms. The van der Waals surface area contributed by atoms with Crippen LogP contribution in [0.15, 0.2) is 30.5 Å². The maximum atomic E-state index is 10.8. The van der Waals surface area contributed by atoms with E-state index in [1.165, 1.54) is 11.8 Å². The van der Waals surface area contributed by atoms with Gasteiger partial charge in [-0.3, -0.25) is 4.79 Å². The summed E-state index contributed by atoms with van der Waals surface area (Å²) in [6, 6.07) is 8.44. The Bertz CT molecular complexity index is 532. The molecule has 0 spiro atoms. The molecule has 0 aliphatic heterocycles. The van der Waals surface area contributed by atoms with Crippen LogP contribution in [0.1, 0.15) is 42.5 Å². The van der Waals surface area contributed by atoms with E-state index >= 15 is 0 Å². The Kier molecular flexibility index (Phi) is 3.32. The van der Waals surface area contributed by atoms with Crippen LogP contribution in [0.4, 0.5) is 0 Å². The van der Waals surface area contributed by atoms with Crippen LogP contribution in [0.2, 0.25) is 0 Å². The number of hydrogen-bond donors (Lipinski definition) is 0. The summed E-state index contributed by atoms with van der Waals surface area (Å²) in [6.45, 7) is 7.20. The molecule has 1 heterocycles. The van der Waals surface area contributed by atoms with Crippen LogP contribution in [0.3, 0.4) is 0 Å². The van der Waals surface area contributed by atoms with Gasteiger partial charge in [0.15, 0.2) is 12.1 Å². The van der Waals surface area contributed by atoms with Gasteiger partial charge in [0.2, 0.25) is 0 Å². The Morgan fingerprint density at radius 1 is 1.28 bits per heavy atom. The predicted molar refractivity (Wildman–Crippen MR) is 70.7 cm³/mol. The lowest BCUT2D eigenvalue weighted by Gasteiger charge is -2.19. The van der Waals surface area contributed by atoms with E-state index in [1.807, 2.05) is 0 Å². The van der Waals surface area contributed by atoms with E-state index in [0.717, 1.165) is 11.8 Å². The van der Waals surface area contributed by atoms with Crippen LogP contribution in [0.5, 0.6) is 0 Å². The standard InChI is InChI=1S/C15H17N2O/c1-15(2,3)13-6-4-12(5-7-13)10-17-9-8-16-14(17)11-18/h4-8,11H,10H2,1-3H3. The number of rotatable bonds is 3. The van der Waals surface area contributed by atoms with Crippen molar-refractivity contribution in [1.82, 2.24) is 9.55 Å². The van der Waals surface area contributed by atoms with Crippen LogP contribution >= 0.6 is 0 Å². The lowest BCUT2D eigenvalue weighted by molar-refractivity contribution is 0.111. The number of carbonyl (C=O) groups excluding carboxylic acids is 1. The molecular weight excluding hydrogens is 224 g/mol. The molecule has 2 aromatic rings. The van der Waals surface area contributed by atoms with Crippen LogP contribution in [0.25, 0.3) is 0 Å². The summed E-state index contributed by atoms with van der Waals surface area (Å²) in [7, 11) is 0. The van der Waals surface area contributed by atoms with Crippen LogP contribution in [0, 0.1) is 6.20 Å². The Morgan fingerprint density at radius 2 is 1.94 bits per heavy atom. The molecule has 0 atom stereocenters. The molecule has 0 aliphatic rings. The van der Waals surface area contributed by atoms with Gasteiger partial charge in [-0.05, 0) is 16.5 Å². The molecule has 93 valence electrons. The van der Waals surface area contributed by atoms with E-state index in [9.17, 15) is 4.79 Å². The molecule has 18 heavy (non-hydrogen) atoms. The monoisotopic (exact) mass is 241 g/mol. The molecule has 0 saturated heterocycles. The van der Waals surface area contributed by atoms with Gasteiger partial charge in [0.05, 0.1) is 12.4 Å². The normalized spacial score (nSPS) is 11.5. The van der Waals surface area contributed by atoms with E-state index in [0.29, 0.717) is 12.4 Å². The third kappa shape index (κ3) is 2.67. The zero-order valence-corrected chi connectivity index (χ0v) is 11.0. The van der Waals surface area contributed by atoms with Gasteiger partial charge in [0.1, 0.15) is 0 Å². The van der Waals surface area contributed by atoms with Gasteiger partial charge in [-0.25, -0.2) is 4.98 Å². The molecule has 1 aromatic heterocycles. The first-order chi connectivity index (χ1) is 8.50. The average Bonchev–Trinajstić information content (AvgIpc) is 2.76. The second-order valence-corrected chi connectivity index (χ2v) is 5.40. The van der Waals surface area contributed by atoms with E-state index in [1.54, 1.807) is 4.57 Å². The smallest absolute Gasteiger partial charge is 0.185 e. The van der Waals surface area contributed by atoms with Gasteiger partial charge < -0.3 is 4.57 Å². The molecule has 3 nitrogen and oxygen atoms in total. The molecule has 0 fully saturated rings. The van der Waals surface area contributed by atoms with E-state index in [2.05, 4.69) is 56.2 Å². The number of aldehydes is 1. The van der Waals surface area contributed by atoms with Gasteiger partial charge in [0.25, 0.3) is 0 Å². The number of aromatic nitrogens is 2. The lowest BCUT2D eigenvalue weighted by atomic mass is 9.87. The summed E-state index contributed by atoms with van der Waals surface area (Å²) in [6.07, 6.45) is 5.20. The van der Waals surface area contributed by atoms with Crippen molar-refractivity contribution in [2.75, 3.05) is 0 Å². The van der Waals surface area contributed by atoms with Crippen molar-refractivity contribution >= 4 is 6.29 Å². The molecule has 1 radical (unpaired) electrons. The van der Waals surface area contributed by atoms with E-state index in [-0.39, 0.29) is 5.41 Å². The summed E-state index contributed by atoms with van der Waals surface area (Å²) in [5.41, 5.74) is 2.60. The van der Waals surface area contributed by atoms with Crippen molar-refractivity contribution in [2.24, 2.45) is 0 Å². The Balaban J connectivity index is 2.19. The number of carbonyl (C=O) groups is 1. The molecule has 0 aliphatic carbocycles. The fourth-order valence-electron chi connectivity index (χ4n) is 1.81. The zero-order valence-electron chi connectivity index (χ0n) is 11.0. The molecule has 3 heteroatoms. The first-order valence-electron chi connectivity index (χ1n) is 5.98. The number of benzene rings is 1. The highest BCUT2D eigenvalue weighted by molar-refractivity contribution is 5.69. The number of imidazole rings is 1. The minimum Gasteiger partial charge on any atom is -0.316 e. The Labute approximate surface area is 107 Å². The third-order valence-electron chi connectivity index (χ3n) is 2.95. The van der Waals surface area contributed by atoms with Crippen molar-refractivity contribution in [1.29, 1.82) is 0 Å². The summed E-state index contributed by atoms with van der Waals surface area (Å²) < 4.78 is 1.72. The van der Waals surface area contributed by atoms with Crippen molar-refractivity contribution in [3.63, 3.8) is 0 Å². The second-order valence-electron chi connectivity index (χ2n) is 5.40. The highest BCUT2D eigenvalue weighted by atomic mass is 16.1. The Hall–Kier alpha value is -1.90. The summed E-state index contributed by atoms with van der Waals surface area (Å²) in [5.74, 6) is 0.412. The number of hydrogen-bond acceptors (Lipinski definition) is 2. The van der Waals surface area contributed by atoms with Crippen molar-refractivity contribution < 1.29 is 4.79 Å². The molecular formula is C15H17N2O. The largest absolute Gasteiger partial charge is 0.316 e. The molecule has 0 saturated carbocycles. The highest BCUT2D eigenvalue weighted by Crippen LogP contribution is 2.22. The van der Waals surface area contributed by atoms with Crippen molar-refractivity contribution in [3.05, 3.63) is 53.6 Å². The predicted octanol–water partition coefficient (Wildman–Crippen LogP) is 2.84. The summed E-state index contributed by atoms with van der Waals surface area (Å²) in [5, 5.41) is 0.